The highest BCUT2D eigenvalue weighted by Gasteiger charge is 2.20. The Morgan fingerprint density at radius 2 is 2.00 bits per heavy atom. The van der Waals surface area contributed by atoms with Crippen molar-refractivity contribution < 1.29 is 24.2 Å². The smallest absolute Gasteiger partial charge is 0.348 e. The molecule has 0 fully saturated rings. The summed E-state index contributed by atoms with van der Waals surface area (Å²) in [5.41, 5.74) is 0.814. The number of thiophene rings is 1. The molecule has 2 aromatic heterocycles. The molecule has 0 amide bonds. The molecule has 3 rings (SSSR count). The van der Waals surface area contributed by atoms with Crippen molar-refractivity contribution in [3.63, 3.8) is 0 Å². The lowest BCUT2D eigenvalue weighted by Crippen LogP contribution is -2.11. The zero-order valence-corrected chi connectivity index (χ0v) is 17.6. The van der Waals surface area contributed by atoms with Crippen LogP contribution in [-0.2, 0) is 9.53 Å². The monoisotopic (exact) mass is 448 g/mol. The van der Waals surface area contributed by atoms with E-state index in [1.165, 1.54) is 0 Å². The number of esters is 1. The maximum atomic E-state index is 12.6. The summed E-state index contributed by atoms with van der Waals surface area (Å²) in [6.45, 7) is 3.18. The largest absolute Gasteiger partial charge is 0.482 e. The maximum Gasteiger partial charge on any atom is 0.348 e. The number of carboxylic acid groups (broad SMARTS) is 1. The number of aromatic nitrogens is 2. The lowest BCUT2D eigenvalue weighted by atomic mass is 10.2. The Hall–Kier alpha value is -3.17. The summed E-state index contributed by atoms with van der Waals surface area (Å²) in [6, 6.07) is 6.58. The van der Waals surface area contributed by atoms with Crippen molar-refractivity contribution in [2.24, 2.45) is 0 Å². The maximum absolute atomic E-state index is 12.6. The predicted octanol–water partition coefficient (Wildman–Crippen LogP) is 3.67. The molecular weight excluding hydrogens is 432 g/mol. The Balaban J connectivity index is 1.91. The first-order valence-electron chi connectivity index (χ1n) is 8.83. The van der Waals surface area contributed by atoms with E-state index in [0.717, 1.165) is 11.3 Å². The predicted molar refractivity (Wildman–Crippen MR) is 114 cm³/mol. The molecule has 0 aliphatic rings. The number of nitrogens with zero attached hydrogens (tertiary/aromatic N) is 1. The Kier molecular flexibility index (Phi) is 6.53. The SMILES string of the molecule is CCOC(=O)c1sc2nc(C(Cl)=Cc3ccc(OCC(=O)O)cc3)[nH]c(=O)c2c1C. The highest BCUT2D eigenvalue weighted by Crippen LogP contribution is 2.29. The molecule has 0 unspecified atom stereocenters. The van der Waals surface area contributed by atoms with Gasteiger partial charge >= 0.3 is 11.9 Å². The number of carbonyl (C=O) groups is 2. The summed E-state index contributed by atoms with van der Waals surface area (Å²) >= 11 is 7.42. The van der Waals surface area contributed by atoms with Crippen molar-refractivity contribution in [2.75, 3.05) is 13.2 Å². The number of hydrogen-bond acceptors (Lipinski definition) is 7. The van der Waals surface area contributed by atoms with Gasteiger partial charge in [0.2, 0.25) is 0 Å². The Morgan fingerprint density at radius 1 is 1.30 bits per heavy atom. The van der Waals surface area contributed by atoms with Crippen molar-refractivity contribution in [2.45, 2.75) is 13.8 Å². The van der Waals surface area contributed by atoms with Crippen LogP contribution in [0.1, 0.15) is 33.5 Å². The summed E-state index contributed by atoms with van der Waals surface area (Å²) in [6.07, 6.45) is 1.60. The standard InChI is InChI=1S/C20H17ClN2O6S/c1-3-28-20(27)16-10(2)15-18(26)22-17(23-19(15)30-16)13(21)8-11-4-6-12(7-5-11)29-9-14(24)25/h4-8H,3,9H2,1-2H3,(H,24,25)(H,22,23,26). The summed E-state index contributed by atoms with van der Waals surface area (Å²) in [5.74, 6) is -0.996. The minimum Gasteiger partial charge on any atom is -0.482 e. The number of halogens is 1. The molecule has 0 bridgehead atoms. The number of benzene rings is 1. The zero-order chi connectivity index (χ0) is 21.8. The molecule has 0 atom stereocenters. The molecular formula is C20H17ClN2O6S. The second kappa shape index (κ2) is 9.10. The second-order valence-electron chi connectivity index (χ2n) is 6.12. The number of ether oxygens (including phenoxy) is 2. The van der Waals surface area contributed by atoms with E-state index in [1.807, 2.05) is 0 Å². The highest BCUT2D eigenvalue weighted by molar-refractivity contribution is 7.20. The number of rotatable bonds is 7. The molecule has 3 aromatic rings. The lowest BCUT2D eigenvalue weighted by Gasteiger charge is -2.04. The van der Waals surface area contributed by atoms with E-state index in [9.17, 15) is 14.4 Å². The summed E-state index contributed by atoms with van der Waals surface area (Å²) in [5, 5.41) is 9.16. The van der Waals surface area contributed by atoms with E-state index >= 15 is 0 Å². The van der Waals surface area contributed by atoms with Crippen LogP contribution in [-0.4, -0.2) is 40.2 Å². The van der Waals surface area contributed by atoms with Crippen molar-refractivity contribution in [1.29, 1.82) is 0 Å². The number of aryl methyl sites for hydroxylation is 1. The molecule has 0 aliphatic heterocycles. The van der Waals surface area contributed by atoms with Crippen molar-refractivity contribution in [1.82, 2.24) is 9.97 Å². The van der Waals surface area contributed by atoms with Crippen molar-refractivity contribution in [3.05, 3.63) is 56.4 Å². The first-order chi connectivity index (χ1) is 14.3. The van der Waals surface area contributed by atoms with Gasteiger partial charge in [0.1, 0.15) is 15.5 Å². The number of fused-ring (bicyclic) bond motifs is 1. The van der Waals surface area contributed by atoms with E-state index in [0.29, 0.717) is 32.0 Å². The Labute approximate surface area is 179 Å². The van der Waals surface area contributed by atoms with E-state index in [-0.39, 0.29) is 17.5 Å². The molecule has 156 valence electrons. The third-order valence-corrected chi connectivity index (χ3v) is 5.48. The van der Waals surface area contributed by atoms with Gasteiger partial charge in [0.05, 0.1) is 17.0 Å². The van der Waals surface area contributed by atoms with E-state index in [4.69, 9.17) is 26.2 Å². The Morgan fingerprint density at radius 3 is 2.63 bits per heavy atom. The van der Waals surface area contributed by atoms with Gasteiger partial charge in [-0.2, -0.15) is 0 Å². The van der Waals surface area contributed by atoms with Crippen LogP contribution in [0.5, 0.6) is 5.75 Å². The topological polar surface area (TPSA) is 119 Å². The van der Waals surface area contributed by atoms with Gasteiger partial charge in [0.25, 0.3) is 5.56 Å². The van der Waals surface area contributed by atoms with Gasteiger partial charge in [-0.25, -0.2) is 14.6 Å². The molecule has 0 aliphatic carbocycles. The number of aliphatic carboxylic acids is 1. The highest BCUT2D eigenvalue weighted by atomic mass is 35.5. The van der Waals surface area contributed by atoms with Crippen LogP contribution < -0.4 is 10.3 Å². The van der Waals surface area contributed by atoms with E-state index in [1.54, 1.807) is 44.2 Å². The van der Waals surface area contributed by atoms with E-state index < -0.39 is 24.1 Å². The van der Waals surface area contributed by atoms with Crippen LogP contribution in [0.15, 0.2) is 29.1 Å². The molecule has 0 radical (unpaired) electrons. The fourth-order valence-corrected chi connectivity index (χ4v) is 3.96. The minimum atomic E-state index is -1.07. The normalized spacial score (nSPS) is 11.5. The quantitative estimate of drug-likeness (QED) is 0.529. The van der Waals surface area contributed by atoms with Gasteiger partial charge in [-0.3, -0.25) is 4.79 Å². The number of carboxylic acids is 1. The molecule has 10 heteroatoms. The van der Waals surface area contributed by atoms with Gasteiger partial charge in [-0.05, 0) is 43.2 Å². The molecule has 1 aromatic carbocycles. The average Bonchev–Trinajstić information content (AvgIpc) is 3.04. The van der Waals surface area contributed by atoms with Crippen molar-refractivity contribution >= 4 is 56.2 Å². The molecule has 2 heterocycles. The summed E-state index contributed by atoms with van der Waals surface area (Å²) in [4.78, 5) is 42.9. The van der Waals surface area contributed by atoms with Gasteiger partial charge in [-0.15, -0.1) is 11.3 Å². The number of aromatic amines is 1. The average molecular weight is 449 g/mol. The fraction of sp³-hybridized carbons (Fsp3) is 0.200. The van der Waals surface area contributed by atoms with Crippen LogP contribution in [0.2, 0.25) is 0 Å². The number of nitrogens with one attached hydrogen (secondary N) is 1. The Bertz CT molecular complexity index is 1200. The third kappa shape index (κ3) is 4.69. The van der Waals surface area contributed by atoms with Gasteiger partial charge in [-0.1, -0.05) is 23.7 Å². The summed E-state index contributed by atoms with van der Waals surface area (Å²) in [7, 11) is 0. The zero-order valence-electron chi connectivity index (χ0n) is 16.0. The van der Waals surface area contributed by atoms with Gasteiger partial charge < -0.3 is 19.6 Å². The molecule has 2 N–H and O–H groups in total. The molecule has 30 heavy (non-hydrogen) atoms. The van der Waals surface area contributed by atoms with Crippen LogP contribution in [0.25, 0.3) is 21.3 Å². The van der Waals surface area contributed by atoms with E-state index in [2.05, 4.69) is 9.97 Å². The van der Waals surface area contributed by atoms with Crippen LogP contribution in [0.4, 0.5) is 0 Å². The third-order valence-electron chi connectivity index (χ3n) is 4.02. The first kappa shape index (κ1) is 21.5. The second-order valence-corrected chi connectivity index (χ2v) is 7.52. The lowest BCUT2D eigenvalue weighted by molar-refractivity contribution is -0.139. The fourth-order valence-electron chi connectivity index (χ4n) is 2.67. The number of carbonyl (C=O) groups excluding carboxylic acids is 1. The molecule has 0 spiro atoms. The number of H-pyrrole nitrogens is 1. The van der Waals surface area contributed by atoms with Gasteiger partial charge in [0, 0.05) is 0 Å². The first-order valence-corrected chi connectivity index (χ1v) is 10.0. The van der Waals surface area contributed by atoms with Gasteiger partial charge in [0.15, 0.2) is 12.4 Å². The minimum absolute atomic E-state index is 0.164. The summed E-state index contributed by atoms with van der Waals surface area (Å²) < 4.78 is 10.1. The number of hydrogen-bond donors (Lipinski definition) is 2. The van der Waals surface area contributed by atoms with Crippen LogP contribution in [0, 0.1) is 6.92 Å². The molecule has 8 nitrogen and oxygen atoms in total. The molecule has 0 saturated heterocycles. The van der Waals surface area contributed by atoms with Crippen LogP contribution in [0.3, 0.4) is 0 Å². The van der Waals surface area contributed by atoms with Crippen molar-refractivity contribution in [3.8, 4) is 5.75 Å². The molecule has 0 saturated carbocycles. The van der Waals surface area contributed by atoms with Crippen LogP contribution >= 0.6 is 22.9 Å².